The molecule has 1 aliphatic heterocycles. The molecule has 1 N–H and O–H groups in total. The van der Waals surface area contributed by atoms with Crippen LogP contribution in [0.25, 0.3) is 0 Å². The van der Waals surface area contributed by atoms with Gasteiger partial charge in [-0.2, -0.15) is 0 Å². The van der Waals surface area contributed by atoms with Gasteiger partial charge >= 0.3 is 0 Å². The van der Waals surface area contributed by atoms with E-state index in [1.807, 2.05) is 30.9 Å². The van der Waals surface area contributed by atoms with Crippen molar-refractivity contribution in [3.05, 3.63) is 28.3 Å². The van der Waals surface area contributed by atoms with Crippen LogP contribution in [0.1, 0.15) is 44.2 Å². The number of hydrogen-bond donors (Lipinski definition) is 1. The second-order valence-electron chi connectivity index (χ2n) is 7.17. The standard InChI is InChI=1S/C20H29ClN2O3/c1-13-11-18(12-14(2)19(13)21)26-15(3)20(25)23-9-6-17(7-10-23)5-8-22-16(4)24/h11-12,15,17H,5-10H2,1-4H3,(H,22,24). The van der Waals surface area contributed by atoms with Crippen LogP contribution in [0.5, 0.6) is 5.75 Å². The molecule has 0 bridgehead atoms. The Labute approximate surface area is 161 Å². The van der Waals surface area contributed by atoms with Crippen LogP contribution in [0.2, 0.25) is 5.02 Å². The number of rotatable bonds is 6. The molecule has 6 heteroatoms. The Balaban J connectivity index is 1.83. The highest BCUT2D eigenvalue weighted by Gasteiger charge is 2.27. The quantitative estimate of drug-likeness (QED) is 0.821. The highest BCUT2D eigenvalue weighted by Crippen LogP contribution is 2.27. The van der Waals surface area contributed by atoms with Crippen molar-refractivity contribution in [2.24, 2.45) is 5.92 Å². The second kappa shape index (κ2) is 9.26. The van der Waals surface area contributed by atoms with E-state index in [9.17, 15) is 9.59 Å². The Morgan fingerprint density at radius 1 is 1.27 bits per heavy atom. The largest absolute Gasteiger partial charge is 0.481 e. The highest BCUT2D eigenvalue weighted by molar-refractivity contribution is 6.32. The SMILES string of the molecule is CC(=O)NCCC1CCN(C(=O)C(C)Oc2cc(C)c(Cl)c(C)c2)CC1. The maximum atomic E-state index is 12.7. The number of carbonyl (C=O) groups is 2. The van der Waals surface area contributed by atoms with E-state index in [-0.39, 0.29) is 11.8 Å². The predicted molar refractivity (Wildman–Crippen MR) is 104 cm³/mol. The molecule has 0 aromatic heterocycles. The van der Waals surface area contributed by atoms with Gasteiger partial charge in [0.05, 0.1) is 0 Å². The number of ether oxygens (including phenoxy) is 1. The molecule has 1 fully saturated rings. The Morgan fingerprint density at radius 3 is 2.38 bits per heavy atom. The van der Waals surface area contributed by atoms with Gasteiger partial charge in [-0.1, -0.05) is 11.6 Å². The molecule has 1 aromatic rings. The van der Waals surface area contributed by atoms with Crippen molar-refractivity contribution in [3.8, 4) is 5.75 Å². The van der Waals surface area contributed by atoms with E-state index in [4.69, 9.17) is 16.3 Å². The lowest BCUT2D eigenvalue weighted by atomic mass is 9.93. The first kappa shape index (κ1) is 20.6. The van der Waals surface area contributed by atoms with E-state index in [2.05, 4.69) is 5.32 Å². The molecule has 1 aromatic carbocycles. The second-order valence-corrected chi connectivity index (χ2v) is 7.55. The summed E-state index contributed by atoms with van der Waals surface area (Å²) < 4.78 is 5.87. The third kappa shape index (κ3) is 5.63. The van der Waals surface area contributed by atoms with Gasteiger partial charge in [0.15, 0.2) is 6.10 Å². The number of likely N-dealkylation sites (tertiary alicyclic amines) is 1. The Kier molecular flexibility index (Phi) is 7.33. The monoisotopic (exact) mass is 380 g/mol. The lowest BCUT2D eigenvalue weighted by Gasteiger charge is -2.33. The van der Waals surface area contributed by atoms with Crippen LogP contribution in [0.4, 0.5) is 0 Å². The van der Waals surface area contributed by atoms with E-state index in [1.165, 1.54) is 6.92 Å². The number of nitrogens with zero attached hydrogens (tertiary/aromatic N) is 1. The Bertz CT molecular complexity index is 631. The van der Waals surface area contributed by atoms with Gasteiger partial charge in [-0.15, -0.1) is 0 Å². The maximum Gasteiger partial charge on any atom is 0.263 e. The minimum absolute atomic E-state index is 0.0104. The molecule has 26 heavy (non-hydrogen) atoms. The van der Waals surface area contributed by atoms with Gasteiger partial charge in [0.2, 0.25) is 5.91 Å². The highest BCUT2D eigenvalue weighted by atomic mass is 35.5. The van der Waals surface area contributed by atoms with Crippen molar-refractivity contribution in [2.45, 2.75) is 53.1 Å². The molecular formula is C20H29ClN2O3. The summed E-state index contributed by atoms with van der Waals surface area (Å²) in [4.78, 5) is 25.5. The van der Waals surface area contributed by atoms with Crippen molar-refractivity contribution in [1.29, 1.82) is 0 Å². The molecule has 0 radical (unpaired) electrons. The smallest absolute Gasteiger partial charge is 0.263 e. The minimum Gasteiger partial charge on any atom is -0.481 e. The Morgan fingerprint density at radius 2 is 1.85 bits per heavy atom. The van der Waals surface area contributed by atoms with E-state index in [1.54, 1.807) is 6.92 Å². The molecule has 1 saturated heterocycles. The number of hydrogen-bond acceptors (Lipinski definition) is 3. The summed E-state index contributed by atoms with van der Waals surface area (Å²) >= 11 is 6.18. The van der Waals surface area contributed by atoms with Gasteiger partial charge in [-0.25, -0.2) is 0 Å². The summed E-state index contributed by atoms with van der Waals surface area (Å²) in [5, 5.41) is 3.57. The van der Waals surface area contributed by atoms with Crippen LogP contribution in [0.15, 0.2) is 12.1 Å². The number of carbonyl (C=O) groups excluding carboxylic acids is 2. The zero-order valence-electron chi connectivity index (χ0n) is 16.1. The van der Waals surface area contributed by atoms with Crippen molar-refractivity contribution in [1.82, 2.24) is 10.2 Å². The first-order valence-electron chi connectivity index (χ1n) is 9.24. The predicted octanol–water partition coefficient (Wildman–Crippen LogP) is 3.49. The van der Waals surface area contributed by atoms with Gasteiger partial charge in [0.1, 0.15) is 5.75 Å². The fourth-order valence-electron chi connectivity index (χ4n) is 3.38. The zero-order chi connectivity index (χ0) is 19.3. The summed E-state index contributed by atoms with van der Waals surface area (Å²) in [6, 6.07) is 3.74. The van der Waals surface area contributed by atoms with Gasteiger partial charge in [-0.3, -0.25) is 9.59 Å². The van der Waals surface area contributed by atoms with Crippen LogP contribution in [-0.2, 0) is 9.59 Å². The summed E-state index contributed by atoms with van der Waals surface area (Å²) in [5.41, 5.74) is 1.89. The molecule has 0 spiro atoms. The molecule has 0 aliphatic carbocycles. The summed E-state index contributed by atoms with van der Waals surface area (Å²) in [7, 11) is 0. The third-order valence-electron chi connectivity index (χ3n) is 4.92. The molecule has 5 nitrogen and oxygen atoms in total. The third-order valence-corrected chi connectivity index (χ3v) is 5.52. The van der Waals surface area contributed by atoms with Gasteiger partial charge in [-0.05, 0) is 69.2 Å². The van der Waals surface area contributed by atoms with Crippen LogP contribution < -0.4 is 10.1 Å². The molecule has 1 atom stereocenters. The number of halogens is 1. The van der Waals surface area contributed by atoms with E-state index >= 15 is 0 Å². The van der Waals surface area contributed by atoms with Crippen LogP contribution in [-0.4, -0.2) is 42.5 Å². The lowest BCUT2D eigenvalue weighted by molar-refractivity contribution is -0.139. The molecule has 2 rings (SSSR count). The lowest BCUT2D eigenvalue weighted by Crippen LogP contribution is -2.45. The average molecular weight is 381 g/mol. The van der Waals surface area contributed by atoms with Gasteiger partial charge in [0, 0.05) is 31.6 Å². The molecule has 144 valence electrons. The molecular weight excluding hydrogens is 352 g/mol. The van der Waals surface area contributed by atoms with Crippen molar-refractivity contribution >= 4 is 23.4 Å². The topological polar surface area (TPSA) is 58.6 Å². The first-order chi connectivity index (χ1) is 12.3. The molecule has 0 saturated carbocycles. The Hall–Kier alpha value is -1.75. The zero-order valence-corrected chi connectivity index (χ0v) is 16.9. The van der Waals surface area contributed by atoms with Crippen LogP contribution in [0, 0.1) is 19.8 Å². The molecule has 1 aliphatic rings. The normalized spacial score (nSPS) is 16.3. The number of piperidine rings is 1. The van der Waals surface area contributed by atoms with Crippen molar-refractivity contribution in [2.75, 3.05) is 19.6 Å². The fourth-order valence-corrected chi connectivity index (χ4v) is 3.49. The van der Waals surface area contributed by atoms with Gasteiger partial charge in [0.25, 0.3) is 5.91 Å². The average Bonchev–Trinajstić information content (AvgIpc) is 2.59. The summed E-state index contributed by atoms with van der Waals surface area (Å²) in [6.45, 7) is 9.40. The fraction of sp³-hybridized carbons (Fsp3) is 0.600. The van der Waals surface area contributed by atoms with Crippen LogP contribution in [0.3, 0.4) is 0 Å². The first-order valence-corrected chi connectivity index (χ1v) is 9.62. The number of amides is 2. The van der Waals surface area contributed by atoms with Gasteiger partial charge < -0.3 is 15.0 Å². The molecule has 1 unspecified atom stereocenters. The van der Waals surface area contributed by atoms with Crippen molar-refractivity contribution < 1.29 is 14.3 Å². The van der Waals surface area contributed by atoms with E-state index in [0.29, 0.717) is 18.2 Å². The summed E-state index contributed by atoms with van der Waals surface area (Å²) in [6.07, 6.45) is 2.39. The maximum absolute atomic E-state index is 12.7. The minimum atomic E-state index is -0.522. The van der Waals surface area contributed by atoms with Crippen LogP contribution >= 0.6 is 11.6 Å². The van der Waals surface area contributed by atoms with Crippen molar-refractivity contribution in [3.63, 3.8) is 0 Å². The number of aryl methyl sites for hydroxylation is 2. The van der Waals surface area contributed by atoms with E-state index < -0.39 is 6.10 Å². The number of nitrogens with one attached hydrogen (secondary N) is 1. The number of benzene rings is 1. The van der Waals surface area contributed by atoms with E-state index in [0.717, 1.165) is 48.5 Å². The summed E-state index contributed by atoms with van der Waals surface area (Å²) in [5.74, 6) is 1.27. The molecule has 1 heterocycles. The molecule has 2 amide bonds.